The molecule has 0 atom stereocenters. The van der Waals surface area contributed by atoms with Gasteiger partial charge in [0.2, 0.25) is 5.88 Å². The SMILES string of the molecule is Cc1c(Cl)nc(C(C)C)nc1Oc1ccc([N+](=O)[O-])cc1. The molecule has 2 rings (SSSR count). The monoisotopic (exact) mass is 307 g/mol. The third-order valence-electron chi connectivity index (χ3n) is 2.84. The number of nitro benzene ring substituents is 1. The summed E-state index contributed by atoms with van der Waals surface area (Å²) in [6.07, 6.45) is 0. The molecule has 7 heteroatoms. The van der Waals surface area contributed by atoms with Crippen LogP contribution < -0.4 is 4.74 Å². The Bertz CT molecular complexity index is 672. The molecule has 0 spiro atoms. The molecule has 0 aliphatic rings. The second-order valence-electron chi connectivity index (χ2n) is 4.81. The molecule has 21 heavy (non-hydrogen) atoms. The first kappa shape index (κ1) is 15.2. The summed E-state index contributed by atoms with van der Waals surface area (Å²) in [7, 11) is 0. The lowest BCUT2D eigenvalue weighted by molar-refractivity contribution is -0.384. The molecule has 1 aromatic heterocycles. The van der Waals surface area contributed by atoms with E-state index in [0.717, 1.165) is 0 Å². The lowest BCUT2D eigenvalue weighted by Crippen LogP contribution is -2.02. The van der Waals surface area contributed by atoms with Crippen LogP contribution in [0.2, 0.25) is 5.15 Å². The summed E-state index contributed by atoms with van der Waals surface area (Å²) in [4.78, 5) is 18.7. The van der Waals surface area contributed by atoms with Crippen molar-refractivity contribution in [3.63, 3.8) is 0 Å². The van der Waals surface area contributed by atoms with Gasteiger partial charge in [0.05, 0.1) is 4.92 Å². The van der Waals surface area contributed by atoms with E-state index < -0.39 is 4.92 Å². The molecule has 1 aromatic carbocycles. The van der Waals surface area contributed by atoms with Crippen LogP contribution in [0.1, 0.15) is 31.2 Å². The number of halogens is 1. The molecule has 1 heterocycles. The van der Waals surface area contributed by atoms with Gasteiger partial charge >= 0.3 is 0 Å². The predicted molar refractivity (Wildman–Crippen MR) is 79.0 cm³/mol. The van der Waals surface area contributed by atoms with Gasteiger partial charge in [0.25, 0.3) is 5.69 Å². The topological polar surface area (TPSA) is 78.2 Å². The van der Waals surface area contributed by atoms with Crippen LogP contribution in [-0.2, 0) is 0 Å². The second-order valence-corrected chi connectivity index (χ2v) is 5.17. The first-order chi connectivity index (χ1) is 9.88. The van der Waals surface area contributed by atoms with Gasteiger partial charge in [0, 0.05) is 23.6 Å². The maximum absolute atomic E-state index is 10.6. The highest BCUT2D eigenvalue weighted by Crippen LogP contribution is 2.29. The van der Waals surface area contributed by atoms with E-state index in [-0.39, 0.29) is 11.6 Å². The Labute approximate surface area is 126 Å². The second kappa shape index (κ2) is 6.05. The molecule has 0 unspecified atom stereocenters. The van der Waals surface area contributed by atoms with Gasteiger partial charge in [-0.3, -0.25) is 10.1 Å². The van der Waals surface area contributed by atoms with Crippen LogP contribution in [0.3, 0.4) is 0 Å². The Morgan fingerprint density at radius 3 is 2.38 bits per heavy atom. The van der Waals surface area contributed by atoms with E-state index in [9.17, 15) is 10.1 Å². The molecule has 110 valence electrons. The smallest absolute Gasteiger partial charge is 0.269 e. The Morgan fingerprint density at radius 1 is 1.24 bits per heavy atom. The Kier molecular flexibility index (Phi) is 4.37. The predicted octanol–water partition coefficient (Wildman–Crippen LogP) is 4.26. The highest BCUT2D eigenvalue weighted by atomic mass is 35.5. The highest BCUT2D eigenvalue weighted by Gasteiger charge is 2.14. The number of non-ortho nitro benzene ring substituents is 1. The van der Waals surface area contributed by atoms with Gasteiger partial charge in [-0.2, -0.15) is 4.98 Å². The van der Waals surface area contributed by atoms with Crippen LogP contribution >= 0.6 is 11.6 Å². The zero-order chi connectivity index (χ0) is 15.6. The quantitative estimate of drug-likeness (QED) is 0.479. The first-order valence-electron chi connectivity index (χ1n) is 6.35. The summed E-state index contributed by atoms with van der Waals surface area (Å²) in [5.74, 6) is 1.51. The fourth-order valence-electron chi connectivity index (χ4n) is 1.59. The lowest BCUT2D eigenvalue weighted by Gasteiger charge is -2.11. The summed E-state index contributed by atoms with van der Waals surface area (Å²) in [6.45, 7) is 5.67. The van der Waals surface area contributed by atoms with Crippen LogP contribution in [-0.4, -0.2) is 14.9 Å². The van der Waals surface area contributed by atoms with E-state index in [1.165, 1.54) is 24.3 Å². The summed E-state index contributed by atoms with van der Waals surface area (Å²) in [6, 6.07) is 5.78. The fraction of sp³-hybridized carbons (Fsp3) is 0.286. The molecule has 0 fully saturated rings. The number of benzene rings is 1. The van der Waals surface area contributed by atoms with Crippen LogP contribution in [0.15, 0.2) is 24.3 Å². The molecular weight excluding hydrogens is 294 g/mol. The van der Waals surface area contributed by atoms with Gasteiger partial charge in [0.15, 0.2) is 0 Å². The third kappa shape index (κ3) is 3.46. The summed E-state index contributed by atoms with van der Waals surface area (Å²) in [5, 5.41) is 11.0. The fourth-order valence-corrected chi connectivity index (χ4v) is 1.76. The molecule has 0 aliphatic heterocycles. The normalized spacial score (nSPS) is 10.7. The molecule has 2 aromatic rings. The van der Waals surface area contributed by atoms with Crippen LogP contribution in [0, 0.1) is 17.0 Å². The van der Waals surface area contributed by atoms with Crippen molar-refractivity contribution in [1.29, 1.82) is 0 Å². The van der Waals surface area contributed by atoms with Crippen LogP contribution in [0.25, 0.3) is 0 Å². The van der Waals surface area contributed by atoms with Crippen molar-refractivity contribution in [2.75, 3.05) is 0 Å². The van der Waals surface area contributed by atoms with Crippen molar-refractivity contribution < 1.29 is 9.66 Å². The van der Waals surface area contributed by atoms with Gasteiger partial charge in [0.1, 0.15) is 16.7 Å². The zero-order valence-electron chi connectivity index (χ0n) is 11.8. The summed E-state index contributed by atoms with van der Waals surface area (Å²) < 4.78 is 5.66. The number of nitrogens with zero attached hydrogens (tertiary/aromatic N) is 3. The standard InChI is InChI=1S/C14H14ClN3O3/c1-8(2)13-16-12(15)9(3)14(17-13)21-11-6-4-10(5-7-11)18(19)20/h4-8H,1-3H3. The molecule has 0 saturated heterocycles. The van der Waals surface area contributed by atoms with Gasteiger partial charge in [-0.15, -0.1) is 0 Å². The van der Waals surface area contributed by atoms with E-state index in [0.29, 0.717) is 28.2 Å². The van der Waals surface area contributed by atoms with Crippen molar-refractivity contribution in [1.82, 2.24) is 9.97 Å². The number of hydrogen-bond acceptors (Lipinski definition) is 5. The number of nitro groups is 1. The molecule has 6 nitrogen and oxygen atoms in total. The largest absolute Gasteiger partial charge is 0.439 e. The average Bonchev–Trinajstić information content (AvgIpc) is 2.44. The molecule has 0 aliphatic carbocycles. The maximum Gasteiger partial charge on any atom is 0.269 e. The van der Waals surface area contributed by atoms with Crippen molar-refractivity contribution in [2.24, 2.45) is 0 Å². The van der Waals surface area contributed by atoms with Crippen molar-refractivity contribution in [3.8, 4) is 11.6 Å². The molecule has 0 bridgehead atoms. The minimum atomic E-state index is -0.465. The van der Waals surface area contributed by atoms with Crippen molar-refractivity contribution in [2.45, 2.75) is 26.7 Å². The van der Waals surface area contributed by atoms with Gasteiger partial charge in [-0.05, 0) is 19.1 Å². The number of rotatable bonds is 4. The number of hydrogen-bond donors (Lipinski definition) is 0. The average molecular weight is 308 g/mol. The van der Waals surface area contributed by atoms with Gasteiger partial charge < -0.3 is 4.74 Å². The maximum atomic E-state index is 10.6. The Balaban J connectivity index is 2.32. The van der Waals surface area contributed by atoms with E-state index in [1.807, 2.05) is 13.8 Å². The Morgan fingerprint density at radius 2 is 1.86 bits per heavy atom. The van der Waals surface area contributed by atoms with E-state index >= 15 is 0 Å². The van der Waals surface area contributed by atoms with Gasteiger partial charge in [-0.1, -0.05) is 25.4 Å². The zero-order valence-corrected chi connectivity index (χ0v) is 12.6. The summed E-state index contributed by atoms with van der Waals surface area (Å²) >= 11 is 6.08. The van der Waals surface area contributed by atoms with E-state index in [1.54, 1.807) is 6.92 Å². The summed E-state index contributed by atoms with van der Waals surface area (Å²) in [5.41, 5.74) is 0.627. The van der Waals surface area contributed by atoms with Crippen molar-refractivity contribution >= 4 is 17.3 Å². The number of aromatic nitrogens is 2. The Hall–Kier alpha value is -2.21. The van der Waals surface area contributed by atoms with Gasteiger partial charge in [-0.25, -0.2) is 4.98 Å². The van der Waals surface area contributed by atoms with Crippen molar-refractivity contribution in [3.05, 3.63) is 50.9 Å². The molecule has 0 saturated carbocycles. The minimum Gasteiger partial charge on any atom is -0.439 e. The molecular formula is C14H14ClN3O3. The number of ether oxygens (including phenoxy) is 1. The molecule has 0 amide bonds. The third-order valence-corrected chi connectivity index (χ3v) is 3.21. The van der Waals surface area contributed by atoms with Crippen LogP contribution in [0.4, 0.5) is 5.69 Å². The minimum absolute atomic E-state index is 0.00246. The lowest BCUT2D eigenvalue weighted by atomic mass is 10.2. The van der Waals surface area contributed by atoms with E-state index in [4.69, 9.17) is 16.3 Å². The molecule has 0 radical (unpaired) electrons. The van der Waals surface area contributed by atoms with E-state index in [2.05, 4.69) is 9.97 Å². The highest BCUT2D eigenvalue weighted by molar-refractivity contribution is 6.30. The first-order valence-corrected chi connectivity index (χ1v) is 6.72. The van der Waals surface area contributed by atoms with Crippen LogP contribution in [0.5, 0.6) is 11.6 Å². The molecule has 0 N–H and O–H groups in total.